The first kappa shape index (κ1) is 26.3. The number of halogens is 5. The lowest BCUT2D eigenvalue weighted by Gasteiger charge is -2.29. The van der Waals surface area contributed by atoms with Crippen molar-refractivity contribution in [3.05, 3.63) is 34.5 Å². The smallest absolute Gasteiger partial charge is 0.271 e. The molecule has 38 heavy (non-hydrogen) atoms. The number of nitriles is 1. The van der Waals surface area contributed by atoms with Crippen LogP contribution in [0.3, 0.4) is 0 Å². The van der Waals surface area contributed by atoms with Crippen LogP contribution in [0.4, 0.5) is 17.6 Å². The number of hydrogen-bond donors (Lipinski definition) is 3. The molecule has 2 saturated heterocycles. The Labute approximate surface area is 219 Å². The largest absolute Gasteiger partial charge is 0.356 e. The minimum atomic E-state index is -3.01. The molecule has 3 amide bonds. The van der Waals surface area contributed by atoms with Crippen molar-refractivity contribution in [2.75, 3.05) is 13.1 Å². The van der Waals surface area contributed by atoms with Gasteiger partial charge in [-0.15, -0.1) is 0 Å². The van der Waals surface area contributed by atoms with E-state index in [0.717, 1.165) is 23.5 Å². The summed E-state index contributed by atoms with van der Waals surface area (Å²) >= 11 is 5.70. The molecular formula is C25H24ClF4N5O3. The first-order valence-corrected chi connectivity index (χ1v) is 12.7. The molecule has 1 aromatic heterocycles. The van der Waals surface area contributed by atoms with Gasteiger partial charge in [0, 0.05) is 37.2 Å². The van der Waals surface area contributed by atoms with E-state index >= 15 is 0 Å². The maximum atomic E-state index is 14.5. The fourth-order valence-electron chi connectivity index (χ4n) is 6.05. The highest BCUT2D eigenvalue weighted by Crippen LogP contribution is 2.50. The number of benzene rings is 1. The Hall–Kier alpha value is -3.33. The number of aromatic nitrogens is 1. The van der Waals surface area contributed by atoms with Crippen LogP contribution in [0.15, 0.2) is 12.1 Å². The lowest BCUT2D eigenvalue weighted by atomic mass is 9.90. The van der Waals surface area contributed by atoms with Gasteiger partial charge in [-0.3, -0.25) is 14.4 Å². The standard InChI is InChI=1S/C25H24ClF4N5O3/c26-16-6-17(27)14-5-18(34-20(14)19(16)28)24(38)35-10-12-7-25(29,30)8-15(12)21(35)23(37)33-13(9-31)4-11-2-1-3-32-22(11)36/h5-6,11-13,15,21,34H,1-4,7-8,10H2,(H,32,36)(H,33,37)/t11-,12-,13-,15-,21-/m1/s1. The molecule has 3 heterocycles. The van der Waals surface area contributed by atoms with E-state index in [1.807, 2.05) is 6.07 Å². The van der Waals surface area contributed by atoms with Crippen molar-refractivity contribution in [3.63, 3.8) is 0 Å². The van der Waals surface area contributed by atoms with Crippen LogP contribution in [0.1, 0.15) is 42.6 Å². The second kappa shape index (κ2) is 9.76. The number of H-pyrrole nitrogens is 1. The highest BCUT2D eigenvalue weighted by Gasteiger charge is 2.58. The van der Waals surface area contributed by atoms with Gasteiger partial charge in [0.05, 0.1) is 16.6 Å². The third-order valence-corrected chi connectivity index (χ3v) is 8.06. The van der Waals surface area contributed by atoms with Crippen LogP contribution in [-0.2, 0) is 9.59 Å². The van der Waals surface area contributed by atoms with Crippen LogP contribution in [0.5, 0.6) is 0 Å². The van der Waals surface area contributed by atoms with Crippen molar-refractivity contribution in [1.29, 1.82) is 5.26 Å². The number of nitrogens with zero attached hydrogens (tertiary/aromatic N) is 2. The summed E-state index contributed by atoms with van der Waals surface area (Å²) in [6.45, 7) is 0.365. The minimum absolute atomic E-state index is 0.0420. The zero-order valence-electron chi connectivity index (χ0n) is 20.0. The summed E-state index contributed by atoms with van der Waals surface area (Å²) in [5.74, 6) is -8.69. The predicted octanol–water partition coefficient (Wildman–Crippen LogP) is 3.51. The molecule has 1 saturated carbocycles. The van der Waals surface area contributed by atoms with Crippen molar-refractivity contribution in [2.24, 2.45) is 17.8 Å². The van der Waals surface area contributed by atoms with Gasteiger partial charge in [0.2, 0.25) is 17.7 Å². The summed E-state index contributed by atoms with van der Waals surface area (Å²) in [6.07, 6.45) is 0.180. The number of likely N-dealkylation sites (tertiary alicyclic amines) is 1. The molecule has 3 aliphatic rings. The number of amides is 3. The summed E-state index contributed by atoms with van der Waals surface area (Å²) in [5.41, 5.74) is -0.569. The van der Waals surface area contributed by atoms with E-state index in [-0.39, 0.29) is 35.5 Å². The summed E-state index contributed by atoms with van der Waals surface area (Å²) < 4.78 is 57.3. The number of rotatable bonds is 5. The lowest BCUT2D eigenvalue weighted by Crippen LogP contribution is -2.52. The van der Waals surface area contributed by atoms with Gasteiger partial charge in [-0.2, -0.15) is 5.26 Å². The summed E-state index contributed by atoms with van der Waals surface area (Å²) in [5, 5.41) is 14.2. The van der Waals surface area contributed by atoms with Crippen molar-refractivity contribution >= 4 is 40.2 Å². The van der Waals surface area contributed by atoms with Gasteiger partial charge >= 0.3 is 0 Å². The third kappa shape index (κ3) is 4.68. The molecule has 1 aliphatic carbocycles. The molecule has 2 aliphatic heterocycles. The van der Waals surface area contributed by atoms with Gasteiger partial charge in [0.25, 0.3) is 5.91 Å². The van der Waals surface area contributed by atoms with Gasteiger partial charge in [-0.1, -0.05) is 11.6 Å². The molecule has 5 rings (SSSR count). The average Bonchev–Trinajstić information content (AvgIpc) is 3.53. The Morgan fingerprint density at radius 2 is 2.05 bits per heavy atom. The third-order valence-electron chi connectivity index (χ3n) is 7.78. The van der Waals surface area contributed by atoms with E-state index in [9.17, 15) is 37.2 Å². The summed E-state index contributed by atoms with van der Waals surface area (Å²) in [7, 11) is 0. The van der Waals surface area contributed by atoms with Crippen molar-refractivity contribution in [1.82, 2.24) is 20.5 Å². The number of piperidine rings is 1. The lowest BCUT2D eigenvalue weighted by molar-refractivity contribution is -0.129. The normalized spacial score (nSPS) is 27.1. The second-order valence-electron chi connectivity index (χ2n) is 10.3. The van der Waals surface area contributed by atoms with Gasteiger partial charge in [0.1, 0.15) is 23.6 Å². The second-order valence-corrected chi connectivity index (χ2v) is 10.7. The molecule has 3 fully saturated rings. The Morgan fingerprint density at radius 1 is 1.29 bits per heavy atom. The van der Waals surface area contributed by atoms with Crippen LogP contribution < -0.4 is 10.6 Å². The molecule has 0 bridgehead atoms. The number of nitrogens with one attached hydrogen (secondary N) is 3. The molecule has 0 radical (unpaired) electrons. The van der Waals surface area contributed by atoms with E-state index in [4.69, 9.17) is 11.6 Å². The fourth-order valence-corrected chi connectivity index (χ4v) is 6.24. The Bertz CT molecular complexity index is 1360. The zero-order valence-corrected chi connectivity index (χ0v) is 20.8. The fraction of sp³-hybridized carbons (Fsp3) is 0.520. The van der Waals surface area contributed by atoms with Crippen LogP contribution in [0, 0.1) is 40.7 Å². The molecule has 202 valence electrons. The maximum Gasteiger partial charge on any atom is 0.271 e. The molecule has 0 unspecified atom stereocenters. The monoisotopic (exact) mass is 553 g/mol. The number of alkyl halides is 2. The average molecular weight is 554 g/mol. The van der Waals surface area contributed by atoms with E-state index in [1.165, 1.54) is 0 Å². The molecule has 8 nitrogen and oxygen atoms in total. The van der Waals surface area contributed by atoms with E-state index in [0.29, 0.717) is 13.0 Å². The predicted molar refractivity (Wildman–Crippen MR) is 127 cm³/mol. The van der Waals surface area contributed by atoms with Crippen molar-refractivity contribution in [3.8, 4) is 6.07 Å². The molecule has 1 aromatic carbocycles. The number of carbonyl (C=O) groups excluding carboxylic acids is 3. The molecule has 13 heteroatoms. The van der Waals surface area contributed by atoms with Crippen molar-refractivity contribution < 1.29 is 31.9 Å². The minimum Gasteiger partial charge on any atom is -0.356 e. The zero-order chi connectivity index (χ0) is 27.4. The number of aromatic amines is 1. The number of fused-ring (bicyclic) bond motifs is 2. The van der Waals surface area contributed by atoms with Gasteiger partial charge in [0.15, 0.2) is 5.82 Å². The Morgan fingerprint density at radius 3 is 2.76 bits per heavy atom. The highest BCUT2D eigenvalue weighted by atomic mass is 35.5. The van der Waals surface area contributed by atoms with E-state index < -0.39 is 77.1 Å². The first-order chi connectivity index (χ1) is 18.0. The summed E-state index contributed by atoms with van der Waals surface area (Å²) in [6, 6.07) is 1.40. The van der Waals surface area contributed by atoms with E-state index in [1.54, 1.807) is 0 Å². The quantitative estimate of drug-likeness (QED) is 0.388. The Balaban J connectivity index is 1.41. The van der Waals surface area contributed by atoms with E-state index in [2.05, 4.69) is 15.6 Å². The Kier molecular flexibility index (Phi) is 6.75. The van der Waals surface area contributed by atoms with Crippen LogP contribution >= 0.6 is 11.6 Å². The number of hydrogen-bond acceptors (Lipinski definition) is 4. The first-order valence-electron chi connectivity index (χ1n) is 12.3. The topological polar surface area (TPSA) is 118 Å². The molecule has 0 spiro atoms. The van der Waals surface area contributed by atoms with Crippen LogP contribution in [0.25, 0.3) is 10.9 Å². The molecule has 3 N–H and O–H groups in total. The highest BCUT2D eigenvalue weighted by molar-refractivity contribution is 6.31. The molecule has 5 atom stereocenters. The molecular weight excluding hydrogens is 530 g/mol. The van der Waals surface area contributed by atoms with Gasteiger partial charge < -0.3 is 20.5 Å². The van der Waals surface area contributed by atoms with Crippen molar-refractivity contribution in [2.45, 2.75) is 50.1 Å². The number of carbonyl (C=O) groups is 3. The summed E-state index contributed by atoms with van der Waals surface area (Å²) in [4.78, 5) is 42.6. The SMILES string of the molecule is N#C[C@@H](C[C@H]1CCCNC1=O)NC(=O)[C@H]1[C@@H]2CC(F)(F)C[C@@H]2CN1C(=O)c1cc2c(F)cc(Cl)c(F)c2[nH]1. The van der Waals surface area contributed by atoms with Gasteiger partial charge in [-0.25, -0.2) is 17.6 Å². The van der Waals surface area contributed by atoms with Crippen LogP contribution in [-0.4, -0.2) is 58.7 Å². The van der Waals surface area contributed by atoms with Gasteiger partial charge in [-0.05, 0) is 43.2 Å². The van der Waals surface area contributed by atoms with Crippen LogP contribution in [0.2, 0.25) is 5.02 Å². The maximum absolute atomic E-state index is 14.5. The molecule has 2 aromatic rings.